The maximum Gasteiger partial charge on any atom is 0.223 e. The second kappa shape index (κ2) is 8.99. The highest BCUT2D eigenvalue weighted by Gasteiger charge is 2.40. The number of likely N-dealkylation sites (tertiary alicyclic amines) is 1. The number of nitrogens with zero attached hydrogens (tertiary/aromatic N) is 3. The predicted molar refractivity (Wildman–Crippen MR) is 115 cm³/mol. The van der Waals surface area contributed by atoms with Gasteiger partial charge in [-0.15, -0.1) is 0 Å². The van der Waals surface area contributed by atoms with Gasteiger partial charge in [0, 0.05) is 50.3 Å². The molecular formula is C23H34N4O2. The first kappa shape index (κ1) is 21.4. The van der Waals surface area contributed by atoms with E-state index in [1.54, 1.807) is 7.11 Å². The molecule has 3 rings (SSSR count). The van der Waals surface area contributed by atoms with E-state index in [4.69, 9.17) is 4.74 Å². The fourth-order valence-corrected chi connectivity index (χ4v) is 4.41. The Morgan fingerprint density at radius 1 is 1.24 bits per heavy atom. The molecule has 2 heterocycles. The largest absolute Gasteiger partial charge is 0.497 e. The summed E-state index contributed by atoms with van der Waals surface area (Å²) in [5.74, 6) is 1.37. The first-order chi connectivity index (χ1) is 13.8. The zero-order chi connectivity index (χ0) is 21.1. The smallest absolute Gasteiger partial charge is 0.223 e. The van der Waals surface area contributed by atoms with Gasteiger partial charge in [-0.05, 0) is 51.3 Å². The monoisotopic (exact) mass is 398 g/mol. The summed E-state index contributed by atoms with van der Waals surface area (Å²) in [4.78, 5) is 14.4. The van der Waals surface area contributed by atoms with Crippen molar-refractivity contribution in [3.05, 3.63) is 46.8 Å². The van der Waals surface area contributed by atoms with Crippen LogP contribution < -0.4 is 10.1 Å². The van der Waals surface area contributed by atoms with Crippen molar-refractivity contribution in [3.63, 3.8) is 0 Å². The number of carbonyl (C=O) groups is 1. The van der Waals surface area contributed by atoms with Crippen LogP contribution in [0.4, 0.5) is 0 Å². The minimum Gasteiger partial charge on any atom is -0.497 e. The molecule has 6 nitrogen and oxygen atoms in total. The third kappa shape index (κ3) is 4.64. The minimum atomic E-state index is 0.0949. The van der Waals surface area contributed by atoms with Gasteiger partial charge in [-0.25, -0.2) is 0 Å². The topological polar surface area (TPSA) is 59.4 Å². The lowest BCUT2D eigenvalue weighted by atomic mass is 9.92. The molecule has 3 atom stereocenters. The molecule has 1 N–H and O–H groups in total. The molecule has 0 spiro atoms. The van der Waals surface area contributed by atoms with E-state index >= 15 is 0 Å². The lowest BCUT2D eigenvalue weighted by molar-refractivity contribution is -0.127. The van der Waals surface area contributed by atoms with Gasteiger partial charge in [-0.2, -0.15) is 5.10 Å². The van der Waals surface area contributed by atoms with Crippen molar-refractivity contribution >= 4 is 5.91 Å². The molecule has 0 radical (unpaired) electrons. The van der Waals surface area contributed by atoms with Crippen LogP contribution in [0, 0.1) is 19.8 Å². The van der Waals surface area contributed by atoms with Crippen molar-refractivity contribution in [1.82, 2.24) is 20.0 Å². The van der Waals surface area contributed by atoms with Crippen molar-refractivity contribution in [2.45, 2.75) is 52.1 Å². The minimum absolute atomic E-state index is 0.0949. The van der Waals surface area contributed by atoms with Crippen LogP contribution in [0.5, 0.6) is 5.75 Å². The highest BCUT2D eigenvalue weighted by Crippen LogP contribution is 2.39. The SMILES string of the molecule is COc1ccc(CC[C@H](C)NC[C@@H]2CC(=O)N(C)[C@H]2c2c(C)nn(C)c2C)cc1. The Hall–Kier alpha value is -2.34. The summed E-state index contributed by atoms with van der Waals surface area (Å²) in [6.45, 7) is 7.19. The molecule has 158 valence electrons. The summed E-state index contributed by atoms with van der Waals surface area (Å²) < 4.78 is 7.14. The van der Waals surface area contributed by atoms with Gasteiger partial charge in [0.15, 0.2) is 0 Å². The van der Waals surface area contributed by atoms with E-state index in [0.29, 0.717) is 12.5 Å². The van der Waals surface area contributed by atoms with E-state index in [1.165, 1.54) is 11.1 Å². The fraction of sp³-hybridized carbons (Fsp3) is 0.565. The third-order valence-electron chi connectivity index (χ3n) is 6.31. The Labute approximate surface area is 174 Å². The number of methoxy groups -OCH3 is 1. The summed E-state index contributed by atoms with van der Waals surface area (Å²) in [7, 11) is 5.58. The number of hydrogen-bond acceptors (Lipinski definition) is 4. The fourth-order valence-electron chi connectivity index (χ4n) is 4.41. The molecule has 0 unspecified atom stereocenters. The second-order valence-corrected chi connectivity index (χ2v) is 8.32. The molecule has 0 aliphatic carbocycles. The third-order valence-corrected chi connectivity index (χ3v) is 6.31. The number of nitrogens with one attached hydrogen (secondary N) is 1. The van der Waals surface area contributed by atoms with Crippen LogP contribution in [0.15, 0.2) is 24.3 Å². The number of ether oxygens (including phenoxy) is 1. The van der Waals surface area contributed by atoms with Gasteiger partial charge in [0.2, 0.25) is 5.91 Å². The molecule has 1 aromatic carbocycles. The number of hydrogen-bond donors (Lipinski definition) is 1. The van der Waals surface area contributed by atoms with Crippen molar-refractivity contribution in [2.24, 2.45) is 13.0 Å². The quantitative estimate of drug-likeness (QED) is 0.742. The zero-order valence-corrected chi connectivity index (χ0v) is 18.5. The van der Waals surface area contributed by atoms with Gasteiger partial charge in [0.25, 0.3) is 0 Å². The van der Waals surface area contributed by atoms with Crippen LogP contribution in [-0.2, 0) is 18.3 Å². The zero-order valence-electron chi connectivity index (χ0n) is 18.5. The Kier molecular flexibility index (Phi) is 6.63. The van der Waals surface area contributed by atoms with E-state index in [-0.39, 0.29) is 17.9 Å². The van der Waals surface area contributed by atoms with Gasteiger partial charge in [-0.1, -0.05) is 12.1 Å². The molecule has 29 heavy (non-hydrogen) atoms. The maximum atomic E-state index is 12.5. The summed E-state index contributed by atoms with van der Waals surface area (Å²) in [6.07, 6.45) is 2.66. The molecule has 0 bridgehead atoms. The van der Waals surface area contributed by atoms with Gasteiger partial charge < -0.3 is 15.0 Å². The van der Waals surface area contributed by atoms with Crippen molar-refractivity contribution in [3.8, 4) is 5.75 Å². The molecule has 1 amide bonds. The van der Waals surface area contributed by atoms with Gasteiger partial charge in [0.1, 0.15) is 5.75 Å². The first-order valence-electron chi connectivity index (χ1n) is 10.4. The molecule has 1 aliphatic rings. The number of rotatable bonds is 8. The Bertz CT molecular complexity index is 843. The molecule has 0 saturated carbocycles. The van der Waals surface area contributed by atoms with Crippen LogP contribution in [0.25, 0.3) is 0 Å². The van der Waals surface area contributed by atoms with Crippen molar-refractivity contribution < 1.29 is 9.53 Å². The Morgan fingerprint density at radius 2 is 1.93 bits per heavy atom. The molecule has 1 saturated heterocycles. The second-order valence-electron chi connectivity index (χ2n) is 8.32. The standard InChI is InChI=1S/C23H34N4O2/c1-15(7-8-18-9-11-20(29-6)12-10-18)24-14-19-13-21(28)26(4)23(19)22-16(2)25-27(5)17(22)3/h9-12,15,19,23-24H,7-8,13-14H2,1-6H3/t15-,19-,23+/m0/s1. The van der Waals surface area contributed by atoms with Gasteiger partial charge >= 0.3 is 0 Å². The van der Waals surface area contributed by atoms with Crippen molar-refractivity contribution in [2.75, 3.05) is 20.7 Å². The van der Waals surface area contributed by atoms with E-state index in [1.807, 2.05) is 42.7 Å². The van der Waals surface area contributed by atoms with Gasteiger partial charge in [0.05, 0.1) is 18.8 Å². The summed E-state index contributed by atoms with van der Waals surface area (Å²) in [6, 6.07) is 8.75. The molecule has 1 aromatic heterocycles. The molecule has 6 heteroatoms. The number of aryl methyl sites for hydroxylation is 3. The average molecular weight is 399 g/mol. The number of amides is 1. The number of benzene rings is 1. The van der Waals surface area contributed by atoms with Crippen LogP contribution in [0.2, 0.25) is 0 Å². The molecule has 2 aromatic rings. The number of aromatic nitrogens is 2. The molecule has 1 aliphatic heterocycles. The van der Waals surface area contributed by atoms with E-state index < -0.39 is 0 Å². The average Bonchev–Trinajstić information content (AvgIpc) is 3.12. The van der Waals surface area contributed by atoms with Crippen LogP contribution in [0.3, 0.4) is 0 Å². The summed E-state index contributed by atoms with van der Waals surface area (Å²) in [5, 5.41) is 8.24. The Balaban J connectivity index is 1.59. The molecular weight excluding hydrogens is 364 g/mol. The maximum absolute atomic E-state index is 12.5. The van der Waals surface area contributed by atoms with Crippen LogP contribution >= 0.6 is 0 Å². The highest BCUT2D eigenvalue weighted by atomic mass is 16.5. The Morgan fingerprint density at radius 3 is 2.52 bits per heavy atom. The first-order valence-corrected chi connectivity index (χ1v) is 10.4. The van der Waals surface area contributed by atoms with Crippen molar-refractivity contribution in [1.29, 1.82) is 0 Å². The summed E-state index contributed by atoms with van der Waals surface area (Å²) in [5.41, 5.74) is 4.69. The predicted octanol–water partition coefficient (Wildman–Crippen LogP) is 3.18. The molecule has 1 fully saturated rings. The van der Waals surface area contributed by atoms with E-state index in [9.17, 15) is 4.79 Å². The van der Waals surface area contributed by atoms with E-state index in [0.717, 1.165) is 36.5 Å². The van der Waals surface area contributed by atoms with Gasteiger partial charge in [-0.3, -0.25) is 9.48 Å². The van der Waals surface area contributed by atoms with E-state index in [2.05, 4.69) is 36.4 Å². The number of carbonyl (C=O) groups excluding carboxylic acids is 1. The van der Waals surface area contributed by atoms with Crippen LogP contribution in [-0.4, -0.2) is 47.3 Å². The van der Waals surface area contributed by atoms with Crippen LogP contribution in [0.1, 0.15) is 48.3 Å². The highest BCUT2D eigenvalue weighted by molar-refractivity contribution is 5.79. The lowest BCUT2D eigenvalue weighted by Gasteiger charge is -2.27. The lowest BCUT2D eigenvalue weighted by Crippen LogP contribution is -2.34. The summed E-state index contributed by atoms with van der Waals surface area (Å²) >= 11 is 0. The normalized spacial score (nSPS) is 20.3.